The minimum atomic E-state index is -0.810. The Morgan fingerprint density at radius 1 is 1.32 bits per heavy atom. The zero-order chi connectivity index (χ0) is 22.0. The molecule has 0 radical (unpaired) electrons. The summed E-state index contributed by atoms with van der Waals surface area (Å²) in [4.78, 5) is 27.0. The predicted molar refractivity (Wildman–Crippen MR) is 115 cm³/mol. The van der Waals surface area contributed by atoms with Gasteiger partial charge in [-0.25, -0.2) is 4.39 Å². The van der Waals surface area contributed by atoms with Crippen LogP contribution in [0.2, 0.25) is 0 Å². The van der Waals surface area contributed by atoms with E-state index in [1.54, 1.807) is 19.2 Å². The number of aliphatic carboxylic acids is 1. The first-order valence-corrected chi connectivity index (χ1v) is 11.2. The monoisotopic (exact) mass is 430 g/mol. The number of hydrogen-bond donors (Lipinski definition) is 2. The van der Waals surface area contributed by atoms with E-state index in [1.807, 2.05) is 0 Å². The number of carbonyl (C=O) groups excluding carboxylic acids is 1. The van der Waals surface area contributed by atoms with Gasteiger partial charge >= 0.3 is 5.97 Å². The molecule has 31 heavy (non-hydrogen) atoms. The Bertz CT molecular complexity index is 872. The van der Waals surface area contributed by atoms with Gasteiger partial charge < -0.3 is 15.2 Å². The second-order valence-electron chi connectivity index (χ2n) is 9.11. The van der Waals surface area contributed by atoms with E-state index in [1.165, 1.54) is 6.07 Å². The number of nitrogens with one attached hydrogen (secondary N) is 1. The standard InChI is InChI=1S/C24H31FN2O4/c1-31-18-8-12-27(13-9-18)21(17-4-2-3-5-17)22(28)26-20-14-16(6-7-19(20)25)15-24(10-11-24)23(29)30/h4,6-7,14,18,21H,2-3,5,8-13,15H2,1H3,(H,26,28)(H,29,30). The molecule has 2 fully saturated rings. The highest BCUT2D eigenvalue weighted by molar-refractivity contribution is 5.97. The maximum atomic E-state index is 14.5. The summed E-state index contributed by atoms with van der Waals surface area (Å²) in [6.45, 7) is 1.52. The number of carboxylic acid groups (broad SMARTS) is 1. The van der Waals surface area contributed by atoms with Gasteiger partial charge in [-0.2, -0.15) is 0 Å². The van der Waals surface area contributed by atoms with Gasteiger partial charge in [-0.15, -0.1) is 0 Å². The number of piperidine rings is 1. The molecule has 0 aromatic heterocycles. The lowest BCUT2D eigenvalue weighted by molar-refractivity contribution is -0.143. The topological polar surface area (TPSA) is 78.9 Å². The molecule has 0 spiro atoms. The molecule has 0 bridgehead atoms. The molecule has 1 aliphatic heterocycles. The molecule has 1 unspecified atom stereocenters. The zero-order valence-corrected chi connectivity index (χ0v) is 18.0. The van der Waals surface area contributed by atoms with Crippen LogP contribution in [0.4, 0.5) is 10.1 Å². The number of likely N-dealkylation sites (tertiary alicyclic amines) is 1. The number of hydrogen-bond acceptors (Lipinski definition) is 4. The van der Waals surface area contributed by atoms with Crippen molar-refractivity contribution < 1.29 is 23.8 Å². The Balaban J connectivity index is 1.50. The summed E-state index contributed by atoms with van der Waals surface area (Å²) < 4.78 is 20.0. The first-order valence-electron chi connectivity index (χ1n) is 11.2. The lowest BCUT2D eigenvalue weighted by Crippen LogP contribution is -2.49. The highest BCUT2D eigenvalue weighted by atomic mass is 19.1. The number of allylic oxidation sites excluding steroid dienone is 1. The molecule has 1 heterocycles. The van der Waals surface area contributed by atoms with E-state index >= 15 is 0 Å². The van der Waals surface area contributed by atoms with Gasteiger partial charge in [-0.3, -0.25) is 14.5 Å². The number of benzene rings is 1. The molecule has 1 aromatic rings. The van der Waals surface area contributed by atoms with Crippen LogP contribution in [0.3, 0.4) is 0 Å². The fourth-order valence-electron chi connectivity index (χ4n) is 4.87. The zero-order valence-electron chi connectivity index (χ0n) is 18.0. The van der Waals surface area contributed by atoms with Crippen LogP contribution in [0.15, 0.2) is 29.8 Å². The van der Waals surface area contributed by atoms with Gasteiger partial charge in [0.15, 0.2) is 0 Å². The van der Waals surface area contributed by atoms with Crippen molar-refractivity contribution >= 4 is 17.6 Å². The molecular formula is C24H31FN2O4. The van der Waals surface area contributed by atoms with E-state index in [0.717, 1.165) is 56.3 Å². The van der Waals surface area contributed by atoms with E-state index in [9.17, 15) is 19.1 Å². The second kappa shape index (κ2) is 9.09. The van der Waals surface area contributed by atoms with E-state index in [0.29, 0.717) is 19.3 Å². The lowest BCUT2D eigenvalue weighted by Gasteiger charge is -2.37. The van der Waals surface area contributed by atoms with Crippen LogP contribution in [0, 0.1) is 11.2 Å². The number of halogens is 1. The summed E-state index contributed by atoms with van der Waals surface area (Å²) in [6.07, 6.45) is 8.60. The van der Waals surface area contributed by atoms with E-state index in [-0.39, 0.29) is 17.7 Å². The average Bonchev–Trinajstić information content (AvgIpc) is 3.35. The van der Waals surface area contributed by atoms with Crippen LogP contribution >= 0.6 is 0 Å². The predicted octanol–water partition coefficient (Wildman–Crippen LogP) is 3.76. The van der Waals surface area contributed by atoms with Crippen LogP contribution in [0.25, 0.3) is 0 Å². The number of amides is 1. The van der Waals surface area contributed by atoms with Crippen molar-refractivity contribution in [2.45, 2.75) is 63.5 Å². The van der Waals surface area contributed by atoms with E-state index in [2.05, 4.69) is 16.3 Å². The lowest BCUT2D eigenvalue weighted by atomic mass is 9.96. The molecule has 4 rings (SSSR count). The van der Waals surface area contributed by atoms with Crippen molar-refractivity contribution in [3.63, 3.8) is 0 Å². The van der Waals surface area contributed by atoms with Crippen molar-refractivity contribution in [2.75, 3.05) is 25.5 Å². The molecular weight excluding hydrogens is 399 g/mol. The molecule has 1 amide bonds. The Kier molecular flexibility index (Phi) is 6.44. The Labute approximate surface area is 182 Å². The van der Waals surface area contributed by atoms with Crippen LogP contribution in [-0.2, 0) is 20.7 Å². The molecule has 2 N–H and O–H groups in total. The van der Waals surface area contributed by atoms with E-state index in [4.69, 9.17) is 4.74 Å². The maximum absolute atomic E-state index is 14.5. The third-order valence-corrected chi connectivity index (χ3v) is 6.99. The number of nitrogens with zero attached hydrogens (tertiary/aromatic N) is 1. The highest BCUT2D eigenvalue weighted by Gasteiger charge is 2.50. The smallest absolute Gasteiger partial charge is 0.309 e. The SMILES string of the molecule is COC1CCN(C(C(=O)Nc2cc(CC3(C(=O)O)CC3)ccc2F)C2=CCCC2)CC1. The molecule has 7 heteroatoms. The largest absolute Gasteiger partial charge is 0.481 e. The van der Waals surface area contributed by atoms with Crippen LogP contribution in [0.5, 0.6) is 0 Å². The summed E-state index contributed by atoms with van der Waals surface area (Å²) >= 11 is 0. The van der Waals surface area contributed by atoms with Crippen molar-refractivity contribution in [3.8, 4) is 0 Å². The van der Waals surface area contributed by atoms with Crippen molar-refractivity contribution in [1.29, 1.82) is 0 Å². The maximum Gasteiger partial charge on any atom is 0.309 e. The summed E-state index contributed by atoms with van der Waals surface area (Å²) in [5.74, 6) is -1.54. The Morgan fingerprint density at radius 3 is 2.65 bits per heavy atom. The minimum absolute atomic E-state index is 0.124. The Morgan fingerprint density at radius 2 is 2.06 bits per heavy atom. The number of carbonyl (C=O) groups is 2. The van der Waals surface area contributed by atoms with Gasteiger partial charge in [0.25, 0.3) is 0 Å². The Hall–Kier alpha value is -2.25. The molecule has 1 atom stereocenters. The fourth-order valence-corrected chi connectivity index (χ4v) is 4.87. The first-order chi connectivity index (χ1) is 14.9. The van der Waals surface area contributed by atoms with Crippen LogP contribution < -0.4 is 5.32 Å². The number of anilines is 1. The van der Waals surface area contributed by atoms with Gasteiger partial charge in [0.1, 0.15) is 11.9 Å². The van der Waals surface area contributed by atoms with Crippen LogP contribution in [0.1, 0.15) is 50.5 Å². The number of methoxy groups -OCH3 is 1. The van der Waals surface area contributed by atoms with Gasteiger partial charge in [0, 0.05) is 20.2 Å². The number of rotatable bonds is 8. The van der Waals surface area contributed by atoms with Gasteiger partial charge in [0.2, 0.25) is 5.91 Å². The molecule has 3 aliphatic rings. The van der Waals surface area contributed by atoms with Gasteiger partial charge in [0.05, 0.1) is 17.2 Å². The normalized spacial score (nSPS) is 22.1. The summed E-state index contributed by atoms with van der Waals surface area (Å²) in [5.41, 5.74) is 1.23. The molecule has 168 valence electrons. The first kappa shape index (κ1) is 22.0. The molecule has 1 saturated carbocycles. The number of carboxylic acids is 1. The van der Waals surface area contributed by atoms with Crippen molar-refractivity contribution in [2.24, 2.45) is 5.41 Å². The summed E-state index contributed by atoms with van der Waals surface area (Å²) in [6, 6.07) is 4.11. The third kappa shape index (κ3) is 4.83. The molecule has 2 aliphatic carbocycles. The minimum Gasteiger partial charge on any atom is -0.481 e. The molecule has 1 aromatic carbocycles. The quantitative estimate of drug-likeness (QED) is 0.614. The van der Waals surface area contributed by atoms with Gasteiger partial charge in [-0.1, -0.05) is 12.1 Å². The number of ether oxygens (including phenoxy) is 1. The molecule has 1 saturated heterocycles. The van der Waals surface area contributed by atoms with E-state index < -0.39 is 23.2 Å². The summed E-state index contributed by atoms with van der Waals surface area (Å²) in [7, 11) is 1.72. The molecule has 6 nitrogen and oxygen atoms in total. The fraction of sp³-hybridized carbons (Fsp3) is 0.583. The summed E-state index contributed by atoms with van der Waals surface area (Å²) in [5, 5.41) is 12.3. The van der Waals surface area contributed by atoms with Crippen molar-refractivity contribution in [3.05, 3.63) is 41.2 Å². The van der Waals surface area contributed by atoms with Crippen molar-refractivity contribution in [1.82, 2.24) is 4.90 Å². The third-order valence-electron chi connectivity index (χ3n) is 6.99. The van der Waals surface area contributed by atoms with Crippen LogP contribution in [-0.4, -0.2) is 54.2 Å². The highest BCUT2D eigenvalue weighted by Crippen LogP contribution is 2.48. The van der Waals surface area contributed by atoms with Gasteiger partial charge in [-0.05, 0) is 74.6 Å². The second-order valence-corrected chi connectivity index (χ2v) is 9.11. The average molecular weight is 431 g/mol.